The number of allylic oxidation sites excluding steroid dienone is 11. The predicted octanol–water partition coefficient (Wildman–Crippen LogP) is 3.64. The van der Waals surface area contributed by atoms with Crippen molar-refractivity contribution in [3.63, 3.8) is 0 Å². The number of rotatable bonds is 0. The average molecular weight is 204 g/mol. The van der Waals surface area contributed by atoms with E-state index in [2.05, 4.69) is 54.3 Å². The second kappa shape index (κ2) is 2.66. The van der Waals surface area contributed by atoms with Crippen LogP contribution in [-0.2, 0) is 0 Å². The Bertz CT molecular complexity index is 584. The summed E-state index contributed by atoms with van der Waals surface area (Å²) in [4.78, 5) is 0. The zero-order chi connectivity index (χ0) is 10.6. The molecule has 0 heterocycles. The molecule has 0 amide bonds. The summed E-state index contributed by atoms with van der Waals surface area (Å²) in [7, 11) is 0. The topological polar surface area (TPSA) is 0 Å². The minimum Gasteiger partial charge on any atom is -0.116 e. The Hall–Kier alpha value is -1.78. The molecule has 2 atom stereocenters. The lowest BCUT2D eigenvalue weighted by atomic mass is 9.75. The van der Waals surface area contributed by atoms with Crippen molar-refractivity contribution in [2.75, 3.05) is 0 Å². The van der Waals surface area contributed by atoms with Gasteiger partial charge in [0.1, 0.15) is 0 Å². The van der Waals surface area contributed by atoms with Gasteiger partial charge in [0.2, 0.25) is 0 Å². The molecule has 1 saturated carbocycles. The first-order valence-electron chi connectivity index (χ1n) is 5.83. The van der Waals surface area contributed by atoms with Crippen molar-refractivity contribution in [2.24, 2.45) is 11.3 Å². The Balaban J connectivity index is 2.01. The van der Waals surface area contributed by atoms with Gasteiger partial charge in [0.15, 0.2) is 0 Å². The molecule has 0 saturated heterocycles. The summed E-state index contributed by atoms with van der Waals surface area (Å²) in [5.74, 6) is 0.704. The van der Waals surface area contributed by atoms with E-state index in [1.165, 1.54) is 23.1 Å². The molecule has 4 rings (SSSR count). The summed E-state index contributed by atoms with van der Waals surface area (Å²) >= 11 is 0. The summed E-state index contributed by atoms with van der Waals surface area (Å²) in [6, 6.07) is 0. The van der Waals surface area contributed by atoms with E-state index in [0.29, 0.717) is 5.92 Å². The largest absolute Gasteiger partial charge is 0.116 e. The molecule has 4 aliphatic rings. The second-order valence-corrected chi connectivity index (χ2v) is 4.82. The van der Waals surface area contributed by atoms with Crippen molar-refractivity contribution >= 4 is 0 Å². The van der Waals surface area contributed by atoms with Crippen LogP contribution in [0.5, 0.6) is 0 Å². The van der Waals surface area contributed by atoms with Crippen molar-refractivity contribution in [3.05, 3.63) is 77.1 Å². The first-order chi connectivity index (χ1) is 7.91. The quantitative estimate of drug-likeness (QED) is 0.528. The van der Waals surface area contributed by atoms with E-state index < -0.39 is 0 Å². The molecule has 76 valence electrons. The van der Waals surface area contributed by atoms with Crippen molar-refractivity contribution in [2.45, 2.75) is 6.42 Å². The molecule has 16 heavy (non-hydrogen) atoms. The lowest BCUT2D eigenvalue weighted by Gasteiger charge is -2.27. The van der Waals surface area contributed by atoms with Gasteiger partial charge >= 0.3 is 0 Å². The molecule has 0 aromatic heterocycles. The second-order valence-electron chi connectivity index (χ2n) is 4.82. The van der Waals surface area contributed by atoms with Crippen LogP contribution >= 0.6 is 0 Å². The molecule has 0 bridgehead atoms. The van der Waals surface area contributed by atoms with Gasteiger partial charge in [-0.15, -0.1) is 5.73 Å². The Labute approximate surface area is 95.4 Å². The fraction of sp³-hybridized carbons (Fsp3) is 0.188. The maximum absolute atomic E-state index is 3.48. The SMILES string of the molecule is C1=CC=CC=C2C=CC3=CC=CC4CC34C=12. The predicted molar refractivity (Wildman–Crippen MR) is 65.7 cm³/mol. The van der Waals surface area contributed by atoms with Gasteiger partial charge in [-0.05, 0) is 29.6 Å². The van der Waals surface area contributed by atoms with Gasteiger partial charge in [-0.2, -0.15) is 0 Å². The third-order valence-electron chi connectivity index (χ3n) is 4.04. The molecule has 0 radical (unpaired) electrons. The zero-order valence-corrected chi connectivity index (χ0v) is 8.98. The molecule has 4 aliphatic carbocycles. The summed E-state index contributed by atoms with van der Waals surface area (Å²) in [5, 5.41) is 0. The van der Waals surface area contributed by atoms with Crippen LogP contribution in [0.2, 0.25) is 0 Å². The summed E-state index contributed by atoms with van der Waals surface area (Å²) in [5.41, 5.74) is 7.94. The minimum absolute atomic E-state index is 0.276. The zero-order valence-electron chi connectivity index (χ0n) is 8.98. The van der Waals surface area contributed by atoms with Crippen molar-refractivity contribution in [1.29, 1.82) is 0 Å². The van der Waals surface area contributed by atoms with Crippen LogP contribution in [0.3, 0.4) is 0 Å². The van der Waals surface area contributed by atoms with Gasteiger partial charge in [0.05, 0.1) is 0 Å². The highest BCUT2D eigenvalue weighted by Gasteiger charge is 2.59. The third kappa shape index (κ3) is 0.863. The van der Waals surface area contributed by atoms with E-state index in [0.717, 1.165) is 0 Å². The summed E-state index contributed by atoms with van der Waals surface area (Å²) < 4.78 is 0. The third-order valence-corrected chi connectivity index (χ3v) is 4.04. The molecule has 0 aliphatic heterocycles. The van der Waals surface area contributed by atoms with Gasteiger partial charge < -0.3 is 0 Å². The Morgan fingerprint density at radius 1 is 1.12 bits per heavy atom. The first kappa shape index (κ1) is 8.38. The van der Waals surface area contributed by atoms with Crippen molar-refractivity contribution in [3.8, 4) is 0 Å². The molecular weight excluding hydrogens is 192 g/mol. The van der Waals surface area contributed by atoms with Crippen LogP contribution in [-0.4, -0.2) is 0 Å². The first-order valence-corrected chi connectivity index (χ1v) is 5.83. The lowest BCUT2D eigenvalue weighted by molar-refractivity contribution is 0.695. The minimum atomic E-state index is 0.276. The van der Waals surface area contributed by atoms with Crippen LogP contribution < -0.4 is 0 Å². The van der Waals surface area contributed by atoms with Crippen LogP contribution in [0.25, 0.3) is 0 Å². The highest BCUT2D eigenvalue weighted by molar-refractivity contribution is 5.64. The lowest BCUT2D eigenvalue weighted by Crippen LogP contribution is -2.16. The highest BCUT2D eigenvalue weighted by Crippen LogP contribution is 2.67. The molecule has 2 unspecified atom stereocenters. The van der Waals surface area contributed by atoms with Gasteiger partial charge in [-0.3, -0.25) is 0 Å². The molecule has 0 heteroatoms. The van der Waals surface area contributed by atoms with Crippen molar-refractivity contribution < 1.29 is 0 Å². The maximum atomic E-state index is 3.48. The molecule has 0 nitrogen and oxygen atoms in total. The van der Waals surface area contributed by atoms with Gasteiger partial charge in [-0.25, -0.2) is 0 Å². The Morgan fingerprint density at radius 2 is 2.12 bits per heavy atom. The summed E-state index contributed by atoms with van der Waals surface area (Å²) in [6.45, 7) is 0. The van der Waals surface area contributed by atoms with E-state index in [1.54, 1.807) is 0 Å². The molecule has 0 aromatic carbocycles. The highest BCUT2D eigenvalue weighted by atomic mass is 14.6. The smallest absolute Gasteiger partial charge is 0.0351 e. The standard InChI is InChI=1S/C16H12/c1-2-5-12-9-10-13-6-4-7-14-11-16(13,14)15(12)8-3-1/h1-7,9-10,14H,11H2. The normalized spacial score (nSPS) is 36.5. The van der Waals surface area contributed by atoms with E-state index in [4.69, 9.17) is 0 Å². The van der Waals surface area contributed by atoms with Crippen LogP contribution in [0.15, 0.2) is 77.1 Å². The molecule has 0 N–H and O–H groups in total. The van der Waals surface area contributed by atoms with Crippen LogP contribution in [0.1, 0.15) is 6.42 Å². The van der Waals surface area contributed by atoms with Crippen molar-refractivity contribution in [1.82, 2.24) is 0 Å². The molecule has 0 aromatic rings. The number of fused-ring (bicyclic) bond motifs is 1. The van der Waals surface area contributed by atoms with Gasteiger partial charge in [-0.1, -0.05) is 48.6 Å². The Morgan fingerprint density at radius 3 is 3.12 bits per heavy atom. The molecular formula is C16H12. The Kier molecular flexibility index (Phi) is 1.40. The fourth-order valence-corrected chi connectivity index (χ4v) is 3.15. The van der Waals surface area contributed by atoms with Gasteiger partial charge in [0.25, 0.3) is 0 Å². The average Bonchev–Trinajstić information content (AvgIpc) is 3.06. The molecule has 1 fully saturated rings. The van der Waals surface area contributed by atoms with E-state index in [1.807, 2.05) is 6.08 Å². The van der Waals surface area contributed by atoms with E-state index >= 15 is 0 Å². The number of hydrogen-bond acceptors (Lipinski definition) is 0. The maximum Gasteiger partial charge on any atom is 0.0351 e. The van der Waals surface area contributed by atoms with Crippen LogP contribution in [0.4, 0.5) is 0 Å². The fourth-order valence-electron chi connectivity index (χ4n) is 3.15. The van der Waals surface area contributed by atoms with E-state index in [-0.39, 0.29) is 5.41 Å². The number of hydrogen-bond donors (Lipinski definition) is 0. The van der Waals surface area contributed by atoms with Crippen LogP contribution in [0, 0.1) is 11.3 Å². The van der Waals surface area contributed by atoms with Gasteiger partial charge in [0, 0.05) is 11.0 Å². The summed E-state index contributed by atoms with van der Waals surface area (Å²) in [6.07, 6.45) is 20.9. The molecule has 1 spiro atoms. The monoisotopic (exact) mass is 204 g/mol. The van der Waals surface area contributed by atoms with E-state index in [9.17, 15) is 0 Å².